The van der Waals surface area contributed by atoms with Crippen LogP contribution in [0.25, 0.3) is 11.0 Å². The molecule has 1 aliphatic heterocycles. The van der Waals surface area contributed by atoms with Crippen molar-refractivity contribution in [1.82, 2.24) is 4.90 Å². The molecule has 0 spiro atoms. The zero-order chi connectivity index (χ0) is 16.4. The second kappa shape index (κ2) is 6.79. The van der Waals surface area contributed by atoms with Gasteiger partial charge in [-0.25, -0.2) is 0 Å². The number of ether oxygens (including phenoxy) is 1. The molecule has 1 aromatic heterocycles. The summed E-state index contributed by atoms with van der Waals surface area (Å²) in [4.78, 5) is 2.64. The number of rotatable bonds is 6. The monoisotopic (exact) mass is 313 g/mol. The molecule has 2 aromatic rings. The Balaban J connectivity index is 1.88. The van der Waals surface area contributed by atoms with Crippen LogP contribution in [0.15, 0.2) is 41.5 Å². The Hall–Kier alpha value is -1.74. The van der Waals surface area contributed by atoms with E-state index in [-0.39, 0.29) is 0 Å². The Labute approximate surface area is 138 Å². The average Bonchev–Trinajstić information content (AvgIpc) is 3.15. The molecule has 0 N–H and O–H groups in total. The van der Waals surface area contributed by atoms with Crippen molar-refractivity contribution < 1.29 is 9.15 Å². The third-order valence-electron chi connectivity index (χ3n) is 5.25. The van der Waals surface area contributed by atoms with Crippen LogP contribution in [0.2, 0.25) is 0 Å². The normalized spacial score (nSPS) is 23.3. The van der Waals surface area contributed by atoms with E-state index in [4.69, 9.17) is 9.15 Å². The molecule has 3 unspecified atom stereocenters. The average molecular weight is 313 g/mol. The van der Waals surface area contributed by atoms with Crippen molar-refractivity contribution >= 4 is 11.0 Å². The van der Waals surface area contributed by atoms with Crippen molar-refractivity contribution in [2.75, 3.05) is 7.11 Å². The summed E-state index contributed by atoms with van der Waals surface area (Å²) in [5.41, 5.74) is 2.21. The Morgan fingerprint density at radius 1 is 1.43 bits per heavy atom. The van der Waals surface area contributed by atoms with Gasteiger partial charge in [0.2, 0.25) is 0 Å². The van der Waals surface area contributed by atoms with Crippen LogP contribution in [-0.2, 0) is 6.42 Å². The topological polar surface area (TPSA) is 25.6 Å². The Bertz CT molecular complexity index is 675. The first-order valence-electron chi connectivity index (χ1n) is 8.62. The zero-order valence-corrected chi connectivity index (χ0v) is 14.4. The standard InChI is InChI=1S/C20H27NO2/c1-5-16-8-7-14(3)21(16)17(6-2)11-15-13-23-20-10-9-18(22-4)12-19(15)20/h5,9-10,12-14,16-17H,1,6-8,11H2,2-4H3. The maximum Gasteiger partial charge on any atom is 0.134 e. The third kappa shape index (κ3) is 3.02. The number of likely N-dealkylation sites (tertiary alicyclic amines) is 1. The van der Waals surface area contributed by atoms with E-state index in [0.717, 1.165) is 24.2 Å². The minimum atomic E-state index is 0.502. The summed E-state index contributed by atoms with van der Waals surface area (Å²) >= 11 is 0. The van der Waals surface area contributed by atoms with Gasteiger partial charge in [-0.15, -0.1) is 6.58 Å². The largest absolute Gasteiger partial charge is 0.497 e. The van der Waals surface area contributed by atoms with Crippen molar-refractivity contribution in [3.05, 3.63) is 42.7 Å². The molecule has 0 amide bonds. The van der Waals surface area contributed by atoms with E-state index in [1.807, 2.05) is 18.4 Å². The summed E-state index contributed by atoms with van der Waals surface area (Å²) in [5, 5.41) is 1.17. The maximum atomic E-state index is 5.74. The van der Waals surface area contributed by atoms with E-state index in [1.54, 1.807) is 7.11 Å². The molecule has 0 radical (unpaired) electrons. The van der Waals surface area contributed by atoms with Gasteiger partial charge < -0.3 is 9.15 Å². The number of nitrogens with zero attached hydrogens (tertiary/aromatic N) is 1. The maximum absolute atomic E-state index is 5.74. The molecule has 3 rings (SSSR count). The van der Waals surface area contributed by atoms with Gasteiger partial charge in [0.25, 0.3) is 0 Å². The Morgan fingerprint density at radius 2 is 2.26 bits per heavy atom. The van der Waals surface area contributed by atoms with Crippen LogP contribution < -0.4 is 4.74 Å². The van der Waals surface area contributed by atoms with Gasteiger partial charge in [-0.05, 0) is 56.4 Å². The summed E-state index contributed by atoms with van der Waals surface area (Å²) in [6.07, 6.45) is 8.64. The fourth-order valence-electron chi connectivity index (χ4n) is 3.97. The van der Waals surface area contributed by atoms with Crippen LogP contribution in [0.4, 0.5) is 0 Å². The lowest BCUT2D eigenvalue weighted by atomic mass is 10.00. The quantitative estimate of drug-likeness (QED) is 0.716. The highest BCUT2D eigenvalue weighted by Gasteiger charge is 2.33. The van der Waals surface area contributed by atoms with Crippen molar-refractivity contribution in [1.29, 1.82) is 0 Å². The minimum Gasteiger partial charge on any atom is -0.497 e. The van der Waals surface area contributed by atoms with Gasteiger partial charge in [-0.2, -0.15) is 0 Å². The molecule has 3 atom stereocenters. The number of hydrogen-bond donors (Lipinski definition) is 0. The summed E-state index contributed by atoms with van der Waals surface area (Å²) in [6, 6.07) is 7.66. The second-order valence-corrected chi connectivity index (χ2v) is 6.57. The molecule has 1 aliphatic rings. The van der Waals surface area contributed by atoms with Crippen LogP contribution >= 0.6 is 0 Å². The van der Waals surface area contributed by atoms with Crippen molar-refractivity contribution in [2.24, 2.45) is 0 Å². The van der Waals surface area contributed by atoms with Crippen LogP contribution in [-0.4, -0.2) is 30.1 Å². The van der Waals surface area contributed by atoms with E-state index >= 15 is 0 Å². The SMILES string of the molecule is C=CC1CCC(C)N1C(CC)Cc1coc2ccc(OC)cc12. The lowest BCUT2D eigenvalue weighted by Gasteiger charge is -2.34. The van der Waals surface area contributed by atoms with Gasteiger partial charge in [0, 0.05) is 23.5 Å². The number of fused-ring (bicyclic) bond motifs is 1. The number of benzene rings is 1. The van der Waals surface area contributed by atoms with Crippen LogP contribution in [0.3, 0.4) is 0 Å². The van der Waals surface area contributed by atoms with E-state index in [1.165, 1.54) is 23.8 Å². The lowest BCUT2D eigenvalue weighted by molar-refractivity contribution is 0.152. The fourth-order valence-corrected chi connectivity index (χ4v) is 3.97. The van der Waals surface area contributed by atoms with Crippen molar-refractivity contribution in [2.45, 2.75) is 57.7 Å². The molecule has 124 valence electrons. The first-order valence-corrected chi connectivity index (χ1v) is 8.62. The highest BCUT2D eigenvalue weighted by molar-refractivity contribution is 5.82. The zero-order valence-electron chi connectivity index (χ0n) is 14.4. The Kier molecular flexibility index (Phi) is 4.76. The fraction of sp³-hybridized carbons (Fsp3) is 0.500. The molecule has 3 nitrogen and oxygen atoms in total. The first kappa shape index (κ1) is 16.1. The summed E-state index contributed by atoms with van der Waals surface area (Å²) in [7, 11) is 1.70. The van der Waals surface area contributed by atoms with Gasteiger partial charge in [0.15, 0.2) is 0 Å². The predicted octanol–water partition coefficient (Wildman–Crippen LogP) is 4.80. The van der Waals surface area contributed by atoms with Gasteiger partial charge >= 0.3 is 0 Å². The molecule has 3 heteroatoms. The number of furan rings is 1. The predicted molar refractivity (Wildman–Crippen MR) is 95.1 cm³/mol. The summed E-state index contributed by atoms with van der Waals surface area (Å²) in [6.45, 7) is 8.65. The van der Waals surface area contributed by atoms with Gasteiger partial charge in [0.05, 0.1) is 13.4 Å². The third-order valence-corrected chi connectivity index (χ3v) is 5.25. The number of methoxy groups -OCH3 is 1. The summed E-state index contributed by atoms with van der Waals surface area (Å²) in [5.74, 6) is 0.881. The first-order chi connectivity index (χ1) is 11.2. The van der Waals surface area contributed by atoms with Crippen molar-refractivity contribution in [3.8, 4) is 5.75 Å². The van der Waals surface area contributed by atoms with E-state index < -0.39 is 0 Å². The van der Waals surface area contributed by atoms with E-state index in [9.17, 15) is 0 Å². The second-order valence-electron chi connectivity index (χ2n) is 6.57. The molecule has 1 aromatic carbocycles. The molecule has 0 bridgehead atoms. The Morgan fingerprint density at radius 3 is 2.96 bits per heavy atom. The molecule has 23 heavy (non-hydrogen) atoms. The minimum absolute atomic E-state index is 0.502. The van der Waals surface area contributed by atoms with Gasteiger partial charge in [0.1, 0.15) is 11.3 Å². The van der Waals surface area contributed by atoms with Crippen molar-refractivity contribution in [3.63, 3.8) is 0 Å². The van der Waals surface area contributed by atoms with E-state index in [2.05, 4.69) is 37.5 Å². The highest BCUT2D eigenvalue weighted by atomic mass is 16.5. The molecule has 1 fully saturated rings. The van der Waals surface area contributed by atoms with Crippen LogP contribution in [0.1, 0.15) is 38.7 Å². The molecule has 2 heterocycles. The number of hydrogen-bond acceptors (Lipinski definition) is 3. The van der Waals surface area contributed by atoms with E-state index in [0.29, 0.717) is 18.1 Å². The molecule has 0 saturated carbocycles. The highest BCUT2D eigenvalue weighted by Crippen LogP contribution is 2.32. The lowest BCUT2D eigenvalue weighted by Crippen LogP contribution is -2.43. The van der Waals surface area contributed by atoms with Crippen LogP contribution in [0, 0.1) is 0 Å². The summed E-state index contributed by atoms with van der Waals surface area (Å²) < 4.78 is 11.1. The van der Waals surface area contributed by atoms with Crippen LogP contribution in [0.5, 0.6) is 5.75 Å². The molecular weight excluding hydrogens is 286 g/mol. The molecular formula is C20H27NO2. The van der Waals surface area contributed by atoms with Gasteiger partial charge in [-0.3, -0.25) is 4.90 Å². The smallest absolute Gasteiger partial charge is 0.134 e. The molecule has 1 saturated heterocycles. The molecule has 0 aliphatic carbocycles. The van der Waals surface area contributed by atoms with Gasteiger partial charge in [-0.1, -0.05) is 13.0 Å².